The quantitative estimate of drug-likeness (QED) is 0.850. The molecule has 0 spiro atoms. The van der Waals surface area contributed by atoms with Crippen molar-refractivity contribution in [1.82, 2.24) is 0 Å². The van der Waals surface area contributed by atoms with Crippen molar-refractivity contribution in [2.24, 2.45) is 0 Å². The molecule has 0 aromatic heterocycles. The van der Waals surface area contributed by atoms with Crippen LogP contribution in [0.3, 0.4) is 0 Å². The van der Waals surface area contributed by atoms with Gasteiger partial charge in [-0.05, 0) is 35.9 Å². The molecule has 2 rings (SSSR count). The van der Waals surface area contributed by atoms with Crippen molar-refractivity contribution in [3.63, 3.8) is 0 Å². The molecule has 4 heteroatoms. The summed E-state index contributed by atoms with van der Waals surface area (Å²) in [5.41, 5.74) is 0.744. The zero-order chi connectivity index (χ0) is 13.7. The number of hydrogen-bond acceptors (Lipinski definition) is 2. The smallest absolute Gasteiger partial charge is 0.328 e. The molecule has 0 bridgehead atoms. The molecule has 19 heavy (non-hydrogen) atoms. The minimum atomic E-state index is -1.000. The van der Waals surface area contributed by atoms with Crippen LogP contribution in [-0.2, 0) is 4.79 Å². The highest BCUT2D eigenvalue weighted by atomic mass is 19.1. The van der Waals surface area contributed by atoms with Crippen molar-refractivity contribution in [2.75, 3.05) is 0 Å². The van der Waals surface area contributed by atoms with Crippen molar-refractivity contribution in [2.45, 2.75) is 0 Å². The van der Waals surface area contributed by atoms with Crippen LogP contribution in [0, 0.1) is 5.82 Å². The van der Waals surface area contributed by atoms with Crippen LogP contribution in [0.25, 0.3) is 6.08 Å². The summed E-state index contributed by atoms with van der Waals surface area (Å²) in [6.07, 6.45) is 2.54. The topological polar surface area (TPSA) is 46.5 Å². The lowest BCUT2D eigenvalue weighted by atomic mass is 10.2. The Kier molecular flexibility index (Phi) is 3.93. The number of rotatable bonds is 4. The summed E-state index contributed by atoms with van der Waals surface area (Å²) in [5.74, 6) is -0.398. The van der Waals surface area contributed by atoms with Crippen LogP contribution in [0.15, 0.2) is 54.6 Å². The van der Waals surface area contributed by atoms with E-state index in [1.807, 2.05) is 0 Å². The molecule has 0 unspecified atom stereocenters. The Bertz CT molecular complexity index is 603. The first-order valence-electron chi connectivity index (χ1n) is 5.58. The van der Waals surface area contributed by atoms with Gasteiger partial charge in [-0.1, -0.05) is 18.2 Å². The maximum absolute atomic E-state index is 13.0. The first kappa shape index (κ1) is 12.8. The van der Waals surface area contributed by atoms with Crippen LogP contribution in [0.1, 0.15) is 5.56 Å². The van der Waals surface area contributed by atoms with Crippen LogP contribution < -0.4 is 4.74 Å². The molecule has 0 atom stereocenters. The third-order valence-electron chi connectivity index (χ3n) is 2.33. The average molecular weight is 258 g/mol. The molecule has 0 amide bonds. The second kappa shape index (κ2) is 5.82. The molecule has 3 nitrogen and oxygen atoms in total. The lowest BCUT2D eigenvalue weighted by molar-refractivity contribution is -0.131. The average Bonchev–Trinajstić information content (AvgIpc) is 2.38. The van der Waals surface area contributed by atoms with E-state index < -0.39 is 5.97 Å². The SMILES string of the molecule is O=C(O)/C=C/c1ccc(Oc2cccc(F)c2)cc1. The molecule has 0 aliphatic carbocycles. The molecule has 0 aliphatic rings. The van der Waals surface area contributed by atoms with Crippen LogP contribution in [0.5, 0.6) is 11.5 Å². The zero-order valence-corrected chi connectivity index (χ0v) is 9.92. The number of ether oxygens (including phenoxy) is 1. The molecule has 0 fully saturated rings. The van der Waals surface area contributed by atoms with Gasteiger partial charge in [0.2, 0.25) is 0 Å². The van der Waals surface area contributed by atoms with Gasteiger partial charge in [0.15, 0.2) is 0 Å². The maximum Gasteiger partial charge on any atom is 0.328 e. The fourth-order valence-electron chi connectivity index (χ4n) is 1.48. The largest absolute Gasteiger partial charge is 0.478 e. The summed E-state index contributed by atoms with van der Waals surface area (Å²) >= 11 is 0. The normalized spacial score (nSPS) is 10.6. The van der Waals surface area contributed by atoms with Gasteiger partial charge in [-0.15, -0.1) is 0 Å². The van der Waals surface area contributed by atoms with E-state index in [0.717, 1.165) is 11.6 Å². The Labute approximate surface area is 109 Å². The van der Waals surface area contributed by atoms with Crippen LogP contribution in [0.2, 0.25) is 0 Å². The van der Waals surface area contributed by atoms with Gasteiger partial charge in [0.05, 0.1) is 0 Å². The predicted molar refractivity (Wildman–Crippen MR) is 69.6 cm³/mol. The van der Waals surface area contributed by atoms with E-state index in [1.165, 1.54) is 18.2 Å². The van der Waals surface area contributed by atoms with E-state index in [2.05, 4.69) is 0 Å². The van der Waals surface area contributed by atoms with E-state index in [0.29, 0.717) is 11.5 Å². The predicted octanol–water partition coefficient (Wildman–Crippen LogP) is 3.72. The van der Waals surface area contributed by atoms with Crippen molar-refractivity contribution in [1.29, 1.82) is 0 Å². The molecule has 1 N–H and O–H groups in total. The summed E-state index contributed by atoms with van der Waals surface area (Å²) in [6, 6.07) is 12.7. The van der Waals surface area contributed by atoms with Gasteiger partial charge < -0.3 is 9.84 Å². The number of carbonyl (C=O) groups is 1. The van der Waals surface area contributed by atoms with Gasteiger partial charge >= 0.3 is 5.97 Å². The molecule has 2 aromatic carbocycles. The second-order valence-corrected chi connectivity index (χ2v) is 3.80. The Balaban J connectivity index is 2.08. The lowest BCUT2D eigenvalue weighted by Crippen LogP contribution is -1.87. The summed E-state index contributed by atoms with van der Waals surface area (Å²) in [7, 11) is 0. The van der Waals surface area contributed by atoms with Gasteiger partial charge in [0.25, 0.3) is 0 Å². The Hall–Kier alpha value is -2.62. The van der Waals surface area contributed by atoms with Gasteiger partial charge in [0, 0.05) is 12.1 Å². The molecular formula is C15H11FO3. The highest BCUT2D eigenvalue weighted by Gasteiger charge is 1.98. The van der Waals surface area contributed by atoms with Crippen LogP contribution in [-0.4, -0.2) is 11.1 Å². The first-order valence-corrected chi connectivity index (χ1v) is 5.58. The van der Waals surface area contributed by atoms with E-state index in [4.69, 9.17) is 9.84 Å². The zero-order valence-electron chi connectivity index (χ0n) is 9.92. The number of aliphatic carboxylic acids is 1. The van der Waals surface area contributed by atoms with Crippen LogP contribution in [0.4, 0.5) is 4.39 Å². The third-order valence-corrected chi connectivity index (χ3v) is 2.33. The molecule has 0 heterocycles. The first-order chi connectivity index (χ1) is 9.13. The summed E-state index contributed by atoms with van der Waals surface area (Å²) in [4.78, 5) is 10.4. The summed E-state index contributed by atoms with van der Waals surface area (Å²) < 4.78 is 18.4. The van der Waals surface area contributed by atoms with Crippen molar-refractivity contribution in [3.05, 3.63) is 66.0 Å². The van der Waals surface area contributed by atoms with Gasteiger partial charge in [0.1, 0.15) is 17.3 Å². The Morgan fingerprint density at radius 3 is 2.47 bits per heavy atom. The lowest BCUT2D eigenvalue weighted by Gasteiger charge is -2.05. The van der Waals surface area contributed by atoms with Crippen molar-refractivity contribution in [3.8, 4) is 11.5 Å². The van der Waals surface area contributed by atoms with E-state index in [1.54, 1.807) is 36.4 Å². The molecular weight excluding hydrogens is 247 g/mol. The number of benzene rings is 2. The molecule has 96 valence electrons. The molecule has 0 aliphatic heterocycles. The molecule has 2 aromatic rings. The maximum atomic E-state index is 13.0. The Morgan fingerprint density at radius 2 is 1.84 bits per heavy atom. The minimum absolute atomic E-state index is 0.362. The van der Waals surface area contributed by atoms with E-state index in [9.17, 15) is 9.18 Å². The highest BCUT2D eigenvalue weighted by molar-refractivity contribution is 5.85. The van der Waals surface area contributed by atoms with Crippen LogP contribution >= 0.6 is 0 Å². The summed E-state index contributed by atoms with van der Waals surface area (Å²) in [5, 5.41) is 8.50. The number of carboxylic acid groups (broad SMARTS) is 1. The standard InChI is InChI=1S/C15H11FO3/c16-12-2-1-3-14(10-12)19-13-7-4-11(5-8-13)6-9-15(17)18/h1-10H,(H,17,18)/b9-6+. The minimum Gasteiger partial charge on any atom is -0.478 e. The monoisotopic (exact) mass is 258 g/mol. The van der Waals surface area contributed by atoms with E-state index >= 15 is 0 Å². The fourth-order valence-corrected chi connectivity index (χ4v) is 1.48. The van der Waals surface area contributed by atoms with Gasteiger partial charge in [-0.25, -0.2) is 9.18 Å². The van der Waals surface area contributed by atoms with Crippen molar-refractivity contribution >= 4 is 12.0 Å². The molecule has 0 radical (unpaired) electrons. The second-order valence-electron chi connectivity index (χ2n) is 3.80. The number of carboxylic acids is 1. The fraction of sp³-hybridized carbons (Fsp3) is 0. The number of hydrogen-bond donors (Lipinski definition) is 1. The summed E-state index contributed by atoms with van der Waals surface area (Å²) in [6.45, 7) is 0. The van der Waals surface area contributed by atoms with Crippen molar-refractivity contribution < 1.29 is 19.0 Å². The van der Waals surface area contributed by atoms with Gasteiger partial charge in [-0.2, -0.15) is 0 Å². The van der Waals surface area contributed by atoms with E-state index in [-0.39, 0.29) is 5.82 Å². The Morgan fingerprint density at radius 1 is 1.11 bits per heavy atom. The number of halogens is 1. The molecule has 0 saturated carbocycles. The van der Waals surface area contributed by atoms with Gasteiger partial charge in [-0.3, -0.25) is 0 Å². The third kappa shape index (κ3) is 3.96. The highest BCUT2D eigenvalue weighted by Crippen LogP contribution is 2.22. The molecule has 0 saturated heterocycles.